The molecule has 0 atom stereocenters. The third-order valence-corrected chi connectivity index (χ3v) is 1.78. The van der Waals surface area contributed by atoms with Crippen molar-refractivity contribution in [3.05, 3.63) is 28.8 Å². The van der Waals surface area contributed by atoms with Gasteiger partial charge in [-0.2, -0.15) is 0 Å². The first-order chi connectivity index (χ1) is 6.00. The van der Waals surface area contributed by atoms with Crippen molar-refractivity contribution in [1.82, 2.24) is 0 Å². The van der Waals surface area contributed by atoms with Crippen molar-refractivity contribution < 1.29 is 17.6 Å². The molecular weight excluding hydrogens is 185 g/mol. The van der Waals surface area contributed by atoms with Crippen molar-refractivity contribution in [1.29, 1.82) is 0 Å². The van der Waals surface area contributed by atoms with Crippen molar-refractivity contribution in [3.8, 4) is 0 Å². The number of rotatable bonds is 1. The molecule has 70 valence electrons. The molecular formula is C7H6BF4N. The van der Waals surface area contributed by atoms with Crippen molar-refractivity contribution in [2.75, 3.05) is 0 Å². The zero-order chi connectivity index (χ0) is 10.2. The summed E-state index contributed by atoms with van der Waals surface area (Å²) in [5.41, 5.74) is 3.49. The SMILES string of the molecule is Bc1c(F)c(F)c(CN)c(F)c1F. The van der Waals surface area contributed by atoms with Gasteiger partial charge in [-0.15, -0.1) is 0 Å². The van der Waals surface area contributed by atoms with Gasteiger partial charge in [0.1, 0.15) is 7.85 Å². The molecule has 1 aromatic rings. The van der Waals surface area contributed by atoms with E-state index in [4.69, 9.17) is 5.73 Å². The lowest BCUT2D eigenvalue weighted by Crippen LogP contribution is -2.22. The number of benzene rings is 1. The normalized spacial score (nSPS) is 10.5. The minimum atomic E-state index is -1.42. The van der Waals surface area contributed by atoms with Crippen LogP contribution in [-0.4, -0.2) is 7.85 Å². The number of hydrogen-bond donors (Lipinski definition) is 1. The summed E-state index contributed by atoms with van der Waals surface area (Å²) in [5.74, 6) is -5.61. The topological polar surface area (TPSA) is 26.0 Å². The second-order valence-electron chi connectivity index (χ2n) is 2.56. The van der Waals surface area contributed by atoms with E-state index in [-0.39, 0.29) is 0 Å². The molecule has 0 aromatic heterocycles. The summed E-state index contributed by atoms with van der Waals surface area (Å²) < 4.78 is 51.2. The largest absolute Gasteiger partial charge is 0.326 e. The van der Waals surface area contributed by atoms with E-state index in [1.54, 1.807) is 0 Å². The Morgan fingerprint density at radius 2 is 1.31 bits per heavy atom. The highest BCUT2D eigenvalue weighted by Crippen LogP contribution is 2.16. The molecule has 0 spiro atoms. The molecule has 2 N–H and O–H groups in total. The number of halogens is 4. The summed E-state index contributed by atoms with van der Waals surface area (Å²) in [6, 6.07) is 0. The lowest BCUT2D eigenvalue weighted by molar-refractivity contribution is 0.448. The van der Waals surface area contributed by atoms with Crippen LogP contribution in [0.5, 0.6) is 0 Å². The fraction of sp³-hybridized carbons (Fsp3) is 0.143. The smallest absolute Gasteiger partial charge is 0.165 e. The molecule has 6 heteroatoms. The standard InChI is InChI=1S/C7H6BF4N/c8-3-6(11)4(9)2(1-13)5(10)7(3)12/h1,8,13H2. The molecule has 1 rings (SSSR count). The van der Waals surface area contributed by atoms with E-state index in [9.17, 15) is 17.6 Å². The van der Waals surface area contributed by atoms with E-state index >= 15 is 0 Å². The quantitative estimate of drug-likeness (QED) is 0.376. The van der Waals surface area contributed by atoms with Crippen molar-refractivity contribution >= 4 is 13.3 Å². The maximum Gasteiger partial charge on any atom is 0.165 e. The molecule has 0 aliphatic rings. The third-order valence-electron chi connectivity index (χ3n) is 1.78. The molecule has 0 radical (unpaired) electrons. The van der Waals surface area contributed by atoms with Crippen LogP contribution >= 0.6 is 0 Å². The first-order valence-electron chi connectivity index (χ1n) is 3.52. The first-order valence-corrected chi connectivity index (χ1v) is 3.52. The van der Waals surface area contributed by atoms with Gasteiger partial charge in [-0.1, -0.05) is 0 Å². The Balaban J connectivity index is 3.56. The molecule has 1 nitrogen and oxygen atoms in total. The molecule has 0 amide bonds. The molecule has 1 aromatic carbocycles. The second-order valence-corrected chi connectivity index (χ2v) is 2.56. The Bertz CT molecular complexity index is 324. The third kappa shape index (κ3) is 1.41. The van der Waals surface area contributed by atoms with Crippen LogP contribution in [0.2, 0.25) is 0 Å². The van der Waals surface area contributed by atoms with Crippen molar-refractivity contribution in [2.45, 2.75) is 6.54 Å². The van der Waals surface area contributed by atoms with E-state index in [0.717, 1.165) is 7.85 Å². The highest BCUT2D eigenvalue weighted by molar-refractivity contribution is 6.32. The van der Waals surface area contributed by atoms with Gasteiger partial charge in [0.25, 0.3) is 0 Å². The molecule has 0 aliphatic carbocycles. The molecule has 0 bridgehead atoms. The Hall–Kier alpha value is -1.04. The van der Waals surface area contributed by atoms with Gasteiger partial charge in [0, 0.05) is 12.1 Å². The minimum absolute atomic E-state index is 0.578. The average molecular weight is 191 g/mol. The van der Waals surface area contributed by atoms with Crippen LogP contribution < -0.4 is 11.2 Å². The minimum Gasteiger partial charge on any atom is -0.326 e. The summed E-state index contributed by atoms with van der Waals surface area (Å²) in [4.78, 5) is 0. The maximum atomic E-state index is 12.8. The van der Waals surface area contributed by atoms with Gasteiger partial charge in [-0.25, -0.2) is 17.6 Å². The van der Waals surface area contributed by atoms with Crippen LogP contribution in [0.3, 0.4) is 0 Å². The number of hydrogen-bond acceptors (Lipinski definition) is 1. The Kier molecular flexibility index (Phi) is 2.61. The summed E-state index contributed by atoms with van der Waals surface area (Å²) in [6.07, 6.45) is 0. The van der Waals surface area contributed by atoms with Crippen LogP contribution in [0.15, 0.2) is 0 Å². The predicted molar refractivity (Wildman–Crippen MR) is 42.3 cm³/mol. The highest BCUT2D eigenvalue weighted by atomic mass is 19.2. The maximum absolute atomic E-state index is 12.8. The van der Waals surface area contributed by atoms with Gasteiger partial charge in [-0.05, 0) is 5.46 Å². The first kappa shape index (κ1) is 10.0. The zero-order valence-electron chi connectivity index (χ0n) is 6.80. The summed E-state index contributed by atoms with van der Waals surface area (Å²) in [7, 11) is 0.955. The Morgan fingerprint density at radius 3 is 1.62 bits per heavy atom. The van der Waals surface area contributed by atoms with E-state index in [1.807, 2.05) is 0 Å². The summed E-state index contributed by atoms with van der Waals surface area (Å²) >= 11 is 0. The zero-order valence-corrected chi connectivity index (χ0v) is 6.80. The van der Waals surface area contributed by atoms with Crippen molar-refractivity contribution in [3.63, 3.8) is 0 Å². The molecule has 0 saturated heterocycles. The predicted octanol–water partition coefficient (Wildman–Crippen LogP) is -0.0399. The summed E-state index contributed by atoms with van der Waals surface area (Å²) in [6.45, 7) is -0.578. The van der Waals surface area contributed by atoms with Gasteiger partial charge in [-0.3, -0.25) is 0 Å². The van der Waals surface area contributed by atoms with Gasteiger partial charge >= 0.3 is 0 Å². The van der Waals surface area contributed by atoms with Crippen LogP contribution in [0, 0.1) is 23.3 Å². The molecule has 0 fully saturated rings. The fourth-order valence-electron chi connectivity index (χ4n) is 0.966. The van der Waals surface area contributed by atoms with Crippen LogP contribution in [0.4, 0.5) is 17.6 Å². The molecule has 0 saturated carbocycles. The molecule has 0 heterocycles. The van der Waals surface area contributed by atoms with Crippen LogP contribution in [0.25, 0.3) is 0 Å². The van der Waals surface area contributed by atoms with E-state index in [2.05, 4.69) is 0 Å². The molecule has 13 heavy (non-hydrogen) atoms. The van der Waals surface area contributed by atoms with Crippen LogP contribution in [-0.2, 0) is 6.54 Å². The van der Waals surface area contributed by atoms with Gasteiger partial charge in [0.15, 0.2) is 23.3 Å². The summed E-state index contributed by atoms with van der Waals surface area (Å²) in [5, 5.41) is 0. The van der Waals surface area contributed by atoms with Gasteiger partial charge in [0.2, 0.25) is 0 Å². The molecule has 0 aliphatic heterocycles. The second kappa shape index (κ2) is 3.37. The average Bonchev–Trinajstić information content (AvgIpc) is 2.13. The monoisotopic (exact) mass is 191 g/mol. The van der Waals surface area contributed by atoms with E-state index in [1.165, 1.54) is 0 Å². The van der Waals surface area contributed by atoms with E-state index < -0.39 is 40.8 Å². The van der Waals surface area contributed by atoms with Crippen molar-refractivity contribution in [2.24, 2.45) is 5.73 Å². The Morgan fingerprint density at radius 1 is 0.923 bits per heavy atom. The van der Waals surface area contributed by atoms with Gasteiger partial charge in [0.05, 0.1) is 0 Å². The van der Waals surface area contributed by atoms with Gasteiger partial charge < -0.3 is 5.73 Å². The van der Waals surface area contributed by atoms with Crippen LogP contribution in [0.1, 0.15) is 5.56 Å². The highest BCUT2D eigenvalue weighted by Gasteiger charge is 2.21. The lowest BCUT2D eigenvalue weighted by Gasteiger charge is -2.07. The fourth-order valence-corrected chi connectivity index (χ4v) is 0.966. The number of nitrogens with two attached hydrogens (primary N) is 1. The lowest BCUT2D eigenvalue weighted by atomic mass is 9.92. The molecule has 0 unspecified atom stereocenters. The van der Waals surface area contributed by atoms with E-state index in [0.29, 0.717) is 0 Å². The Labute approximate surface area is 73.0 Å².